The second-order valence-corrected chi connectivity index (χ2v) is 7.60. The van der Waals surface area contributed by atoms with Crippen molar-refractivity contribution in [2.75, 3.05) is 7.11 Å². The van der Waals surface area contributed by atoms with E-state index in [0.717, 1.165) is 9.37 Å². The van der Waals surface area contributed by atoms with Crippen molar-refractivity contribution in [1.29, 1.82) is 0 Å². The summed E-state index contributed by atoms with van der Waals surface area (Å²) in [6.07, 6.45) is 1.44. The molecule has 1 heterocycles. The van der Waals surface area contributed by atoms with Gasteiger partial charge in [0.15, 0.2) is 5.09 Å². The van der Waals surface area contributed by atoms with Crippen LogP contribution in [0.25, 0.3) is 0 Å². The highest BCUT2D eigenvalue weighted by Crippen LogP contribution is 2.35. The van der Waals surface area contributed by atoms with Crippen molar-refractivity contribution in [3.8, 4) is 5.75 Å². The first-order chi connectivity index (χ1) is 13.0. The maximum Gasteiger partial charge on any atom is 0.271 e. The molecule has 0 atom stereocenters. The maximum absolute atomic E-state index is 12.1. The largest absolute Gasteiger partial charge is 0.497 e. The van der Waals surface area contributed by atoms with Crippen molar-refractivity contribution in [1.82, 2.24) is 5.43 Å². The van der Waals surface area contributed by atoms with Gasteiger partial charge in [0.25, 0.3) is 5.91 Å². The first-order valence-electron chi connectivity index (χ1n) is 7.75. The van der Waals surface area contributed by atoms with Crippen molar-refractivity contribution in [2.24, 2.45) is 5.10 Å². The van der Waals surface area contributed by atoms with Gasteiger partial charge in [0, 0.05) is 21.5 Å². The van der Waals surface area contributed by atoms with Crippen LogP contribution in [0, 0.1) is 0 Å². The molecule has 0 aliphatic heterocycles. The third-order valence-corrected chi connectivity index (χ3v) is 5.51. The lowest BCUT2D eigenvalue weighted by Gasteiger charge is -2.01. The maximum atomic E-state index is 12.1. The number of halogens is 2. The number of hydrazone groups is 1. The Labute approximate surface area is 173 Å². The molecule has 0 fully saturated rings. The number of hydrogen-bond donors (Lipinski definition) is 1. The number of hydrogen-bond acceptors (Lipinski definition) is 5. The molecule has 0 spiro atoms. The molecule has 0 aliphatic rings. The van der Waals surface area contributed by atoms with Crippen LogP contribution in [0.1, 0.15) is 16.1 Å². The SMILES string of the molecule is COc1ccc(C(=O)N/N=C\c2cc(Br)c(Sc3ccc(Cl)cc3)o2)cc1. The molecule has 1 aromatic heterocycles. The molecular formula is C19H14BrClN2O3S. The Morgan fingerprint density at radius 3 is 2.59 bits per heavy atom. The zero-order valence-corrected chi connectivity index (χ0v) is 17.3. The number of nitrogens with one attached hydrogen (secondary N) is 1. The Morgan fingerprint density at radius 2 is 1.93 bits per heavy atom. The number of ether oxygens (including phenoxy) is 1. The van der Waals surface area contributed by atoms with Gasteiger partial charge in [-0.05, 0) is 64.5 Å². The number of carbonyl (C=O) groups excluding carboxylic acids is 1. The highest BCUT2D eigenvalue weighted by molar-refractivity contribution is 9.10. The van der Waals surface area contributed by atoms with E-state index in [4.69, 9.17) is 20.8 Å². The van der Waals surface area contributed by atoms with Gasteiger partial charge in [-0.1, -0.05) is 23.4 Å². The number of amides is 1. The molecule has 3 aromatic rings. The topological polar surface area (TPSA) is 63.8 Å². The van der Waals surface area contributed by atoms with E-state index in [9.17, 15) is 4.79 Å². The number of furan rings is 1. The molecule has 0 saturated carbocycles. The summed E-state index contributed by atoms with van der Waals surface area (Å²) in [5.74, 6) is 0.866. The molecule has 3 rings (SSSR count). The van der Waals surface area contributed by atoms with E-state index in [-0.39, 0.29) is 5.91 Å². The third-order valence-electron chi connectivity index (χ3n) is 3.41. The minimum atomic E-state index is -0.324. The van der Waals surface area contributed by atoms with Crippen LogP contribution >= 0.6 is 39.3 Å². The molecular weight excluding hydrogens is 452 g/mol. The molecule has 138 valence electrons. The summed E-state index contributed by atoms with van der Waals surface area (Å²) in [7, 11) is 1.57. The zero-order valence-electron chi connectivity index (χ0n) is 14.1. The van der Waals surface area contributed by atoms with E-state index >= 15 is 0 Å². The minimum absolute atomic E-state index is 0.324. The quantitative estimate of drug-likeness (QED) is 0.379. The van der Waals surface area contributed by atoms with E-state index in [1.807, 2.05) is 24.3 Å². The summed E-state index contributed by atoms with van der Waals surface area (Å²) in [5.41, 5.74) is 2.94. The predicted octanol–water partition coefficient (Wildman–Crippen LogP) is 5.62. The monoisotopic (exact) mass is 464 g/mol. The van der Waals surface area contributed by atoms with E-state index < -0.39 is 0 Å². The number of carbonyl (C=O) groups is 1. The lowest BCUT2D eigenvalue weighted by molar-refractivity contribution is 0.0955. The summed E-state index contributed by atoms with van der Waals surface area (Å²) >= 11 is 10.8. The number of nitrogens with zero attached hydrogens (tertiary/aromatic N) is 1. The van der Waals surface area contributed by atoms with Gasteiger partial charge in [-0.2, -0.15) is 5.10 Å². The summed E-state index contributed by atoms with van der Waals surface area (Å²) in [6.45, 7) is 0. The Morgan fingerprint density at radius 1 is 1.22 bits per heavy atom. The molecule has 0 radical (unpaired) electrons. The van der Waals surface area contributed by atoms with E-state index in [0.29, 0.717) is 27.2 Å². The van der Waals surface area contributed by atoms with Gasteiger partial charge in [0.1, 0.15) is 11.5 Å². The summed E-state index contributed by atoms with van der Waals surface area (Å²) < 4.78 is 11.6. The molecule has 0 bridgehead atoms. The lowest BCUT2D eigenvalue weighted by Crippen LogP contribution is -2.17. The summed E-state index contributed by atoms with van der Waals surface area (Å²) in [5, 5.41) is 5.30. The molecule has 27 heavy (non-hydrogen) atoms. The highest BCUT2D eigenvalue weighted by atomic mass is 79.9. The normalized spacial score (nSPS) is 10.9. The van der Waals surface area contributed by atoms with Gasteiger partial charge in [-0.3, -0.25) is 4.79 Å². The smallest absolute Gasteiger partial charge is 0.271 e. The molecule has 0 unspecified atom stereocenters. The van der Waals surface area contributed by atoms with Gasteiger partial charge in [-0.15, -0.1) is 0 Å². The van der Waals surface area contributed by atoms with Crippen molar-refractivity contribution in [2.45, 2.75) is 9.99 Å². The van der Waals surface area contributed by atoms with Crippen LogP contribution in [-0.4, -0.2) is 19.2 Å². The van der Waals surface area contributed by atoms with Crippen molar-refractivity contribution < 1.29 is 13.9 Å². The fourth-order valence-corrected chi connectivity index (χ4v) is 3.53. The molecule has 0 saturated heterocycles. The molecule has 8 heteroatoms. The highest BCUT2D eigenvalue weighted by Gasteiger charge is 2.10. The van der Waals surface area contributed by atoms with E-state index in [2.05, 4.69) is 26.5 Å². The van der Waals surface area contributed by atoms with Gasteiger partial charge in [0.05, 0.1) is 17.8 Å². The van der Waals surface area contributed by atoms with Gasteiger partial charge < -0.3 is 9.15 Å². The standard InChI is InChI=1S/C19H14BrClN2O3S/c1-25-14-6-2-12(3-7-14)18(24)23-22-11-15-10-17(20)19(26-15)27-16-8-4-13(21)5-9-16/h2-11H,1H3,(H,23,24)/b22-11-. The fraction of sp³-hybridized carbons (Fsp3) is 0.0526. The van der Waals surface area contributed by atoms with Crippen LogP contribution in [0.3, 0.4) is 0 Å². The number of rotatable bonds is 6. The lowest BCUT2D eigenvalue weighted by atomic mass is 10.2. The van der Waals surface area contributed by atoms with Gasteiger partial charge in [-0.25, -0.2) is 5.43 Å². The minimum Gasteiger partial charge on any atom is -0.497 e. The van der Waals surface area contributed by atoms with E-state index in [1.165, 1.54) is 18.0 Å². The van der Waals surface area contributed by atoms with Gasteiger partial charge in [0.2, 0.25) is 0 Å². The first-order valence-corrected chi connectivity index (χ1v) is 9.74. The second kappa shape index (κ2) is 9.12. The summed E-state index contributed by atoms with van der Waals surface area (Å²) in [6, 6.07) is 16.0. The Kier molecular flexibility index (Phi) is 6.60. The molecule has 2 aromatic carbocycles. The number of benzene rings is 2. The third kappa shape index (κ3) is 5.38. The van der Waals surface area contributed by atoms with Crippen molar-refractivity contribution >= 4 is 51.4 Å². The van der Waals surface area contributed by atoms with Crippen LogP contribution in [0.5, 0.6) is 5.75 Å². The van der Waals surface area contributed by atoms with Crippen LogP contribution < -0.4 is 10.2 Å². The van der Waals surface area contributed by atoms with Crippen LogP contribution in [0.4, 0.5) is 0 Å². The summed E-state index contributed by atoms with van der Waals surface area (Å²) in [4.78, 5) is 13.0. The molecule has 1 N–H and O–H groups in total. The van der Waals surface area contributed by atoms with Crippen LogP contribution in [0.2, 0.25) is 5.02 Å². The Bertz CT molecular complexity index is 956. The van der Waals surface area contributed by atoms with E-state index in [1.54, 1.807) is 37.4 Å². The van der Waals surface area contributed by atoms with Crippen molar-refractivity contribution in [3.63, 3.8) is 0 Å². The van der Waals surface area contributed by atoms with Crippen molar-refractivity contribution in [3.05, 3.63) is 75.4 Å². The Hall–Kier alpha value is -2.22. The van der Waals surface area contributed by atoms with Crippen LogP contribution in [0.15, 0.2) is 78.6 Å². The number of methoxy groups -OCH3 is 1. The Balaban J connectivity index is 1.61. The first kappa shape index (κ1) is 19.5. The predicted molar refractivity (Wildman–Crippen MR) is 110 cm³/mol. The second-order valence-electron chi connectivity index (χ2n) is 5.27. The average Bonchev–Trinajstić information content (AvgIpc) is 3.03. The molecule has 1 amide bonds. The van der Waals surface area contributed by atoms with Crippen LogP contribution in [-0.2, 0) is 0 Å². The fourth-order valence-electron chi connectivity index (χ4n) is 2.07. The molecule has 0 aliphatic carbocycles. The van der Waals surface area contributed by atoms with Gasteiger partial charge >= 0.3 is 0 Å². The zero-order chi connectivity index (χ0) is 19.2. The molecule has 5 nitrogen and oxygen atoms in total. The average molecular weight is 466 g/mol.